The molecule has 3 aromatic rings. The first-order valence-electron chi connectivity index (χ1n) is 11.1. The maximum absolute atomic E-state index is 12.7. The van der Waals surface area contributed by atoms with E-state index in [2.05, 4.69) is 31.5 Å². The zero-order chi connectivity index (χ0) is 24.9. The van der Waals surface area contributed by atoms with Crippen LogP contribution in [0, 0.1) is 5.21 Å². The average molecular weight is 543 g/mol. The van der Waals surface area contributed by atoms with E-state index in [1.54, 1.807) is 11.0 Å². The number of carbonyl (C=O) groups is 1. The number of likely N-dealkylation sites (N-methyl/N-ethyl adjacent to an activating group) is 1. The molecule has 12 heteroatoms. The van der Waals surface area contributed by atoms with Crippen molar-refractivity contribution in [2.24, 2.45) is 0 Å². The summed E-state index contributed by atoms with van der Waals surface area (Å²) in [4.78, 5) is 25.4. The number of anilines is 4. The molecule has 0 bridgehead atoms. The first kappa shape index (κ1) is 24.8. The Morgan fingerprint density at radius 3 is 2.34 bits per heavy atom. The number of nitrogen functional groups attached to an aromatic ring is 1. The number of amides is 1. The van der Waals surface area contributed by atoms with Crippen LogP contribution in [-0.2, 0) is 4.79 Å². The average Bonchev–Trinajstić information content (AvgIpc) is 2.82. The van der Waals surface area contributed by atoms with Gasteiger partial charge in [-0.3, -0.25) is 9.69 Å². The second kappa shape index (κ2) is 11.0. The summed E-state index contributed by atoms with van der Waals surface area (Å²) in [5.74, 6) is 1.17. The Morgan fingerprint density at radius 2 is 1.71 bits per heavy atom. The van der Waals surface area contributed by atoms with Crippen molar-refractivity contribution in [2.45, 2.75) is 0 Å². The van der Waals surface area contributed by atoms with E-state index >= 15 is 0 Å². The Kier molecular flexibility index (Phi) is 7.78. The minimum absolute atomic E-state index is 0.0303. The summed E-state index contributed by atoms with van der Waals surface area (Å²) >= 11 is 3.47. The third-order valence-corrected chi connectivity index (χ3v) is 6.11. The normalized spacial score (nSPS) is 15.2. The molecular weight excluding hydrogens is 516 g/mol. The third-order valence-electron chi connectivity index (χ3n) is 5.59. The molecule has 0 radical (unpaired) electrons. The van der Waals surface area contributed by atoms with Gasteiger partial charge in [0.05, 0.1) is 17.9 Å². The Labute approximate surface area is 211 Å². The molecule has 0 saturated carbocycles. The molecule has 1 aliphatic rings. The van der Waals surface area contributed by atoms with Crippen LogP contribution in [0.5, 0.6) is 0 Å². The van der Waals surface area contributed by atoms with Crippen molar-refractivity contribution in [3.63, 3.8) is 0 Å². The smallest absolute Gasteiger partial charge is 0.241 e. The lowest BCUT2D eigenvalue weighted by molar-refractivity contribution is -0.990. The Balaban J connectivity index is 1.47. The number of nitrogens with two attached hydrogens (primary N) is 1. The Morgan fingerprint density at radius 1 is 1.06 bits per heavy atom. The van der Waals surface area contributed by atoms with E-state index in [9.17, 15) is 10.0 Å². The monoisotopic (exact) mass is 542 g/mol. The predicted molar refractivity (Wildman–Crippen MR) is 139 cm³/mol. The highest BCUT2D eigenvalue weighted by Crippen LogP contribution is 2.32. The Hall–Kier alpha value is -3.29. The van der Waals surface area contributed by atoms with Gasteiger partial charge in [0.1, 0.15) is 11.6 Å². The predicted octanol–water partition coefficient (Wildman–Crippen LogP) is 1.69. The van der Waals surface area contributed by atoms with Gasteiger partial charge in [-0.05, 0) is 37.4 Å². The van der Waals surface area contributed by atoms with Gasteiger partial charge in [0.25, 0.3) is 0 Å². The van der Waals surface area contributed by atoms with Gasteiger partial charge >= 0.3 is 0 Å². The quantitative estimate of drug-likeness (QED) is 0.212. The lowest BCUT2D eigenvalue weighted by Crippen LogP contribution is -2.99. The van der Waals surface area contributed by atoms with Gasteiger partial charge in [-0.2, -0.15) is 5.23 Å². The van der Waals surface area contributed by atoms with E-state index in [1.807, 2.05) is 48.3 Å². The molecule has 0 aliphatic carbocycles. The third kappa shape index (κ3) is 6.05. The van der Waals surface area contributed by atoms with E-state index in [4.69, 9.17) is 15.9 Å². The van der Waals surface area contributed by atoms with Crippen LogP contribution in [0.4, 0.5) is 28.8 Å². The zero-order valence-electron chi connectivity index (χ0n) is 19.2. The van der Waals surface area contributed by atoms with Gasteiger partial charge in [0.2, 0.25) is 11.6 Å². The van der Waals surface area contributed by atoms with Gasteiger partial charge in [0.15, 0.2) is 5.82 Å². The highest BCUT2D eigenvalue weighted by atomic mass is 79.9. The van der Waals surface area contributed by atoms with Crippen LogP contribution in [-0.4, -0.2) is 65.8 Å². The standard InChI is InChI=1S/C23H27BrN8O3/c1-30-12-13-31(21(33)14-30)17-6-8-19(28-22(17)15-2-4-16(24)5-3-15)26-10-11-27-20-9-7-18(32(34)35)23(25)29-20/h2-9,32,34H,10-14H2,1H3,(H,26,28)(H3,25,27,29). The van der Waals surface area contributed by atoms with E-state index in [-0.39, 0.29) is 17.4 Å². The largest absolute Gasteiger partial charge is 0.595 e. The fraction of sp³-hybridized carbons (Fsp3) is 0.261. The number of hydrogen-bond donors (Lipinski definition) is 5. The molecule has 0 spiro atoms. The molecule has 1 aliphatic heterocycles. The summed E-state index contributed by atoms with van der Waals surface area (Å²) in [6.45, 7) is 2.81. The van der Waals surface area contributed by atoms with Crippen molar-refractivity contribution in [1.82, 2.24) is 14.9 Å². The van der Waals surface area contributed by atoms with Crippen LogP contribution in [0.15, 0.2) is 53.0 Å². The van der Waals surface area contributed by atoms with Crippen LogP contribution >= 0.6 is 15.9 Å². The topological polar surface area (TPSA) is 147 Å². The molecule has 6 N–H and O–H groups in total. The molecule has 2 aromatic heterocycles. The van der Waals surface area contributed by atoms with Crippen molar-refractivity contribution < 1.29 is 15.2 Å². The highest BCUT2D eigenvalue weighted by Gasteiger charge is 2.26. The molecule has 1 fully saturated rings. The number of rotatable bonds is 8. The molecule has 11 nitrogen and oxygen atoms in total. The molecule has 3 heterocycles. The molecule has 184 valence electrons. The summed E-state index contributed by atoms with van der Waals surface area (Å²) in [6, 6.07) is 14.6. The van der Waals surface area contributed by atoms with Crippen molar-refractivity contribution >= 4 is 50.7 Å². The number of quaternary nitrogens is 1. The summed E-state index contributed by atoms with van der Waals surface area (Å²) in [6.07, 6.45) is 0. The number of halogens is 1. The fourth-order valence-corrected chi connectivity index (χ4v) is 4.03. The molecular formula is C23H27BrN8O3. The van der Waals surface area contributed by atoms with Crippen LogP contribution in [0.3, 0.4) is 0 Å². The number of carbonyl (C=O) groups excluding carboxylic acids is 1. The maximum Gasteiger partial charge on any atom is 0.241 e. The van der Waals surface area contributed by atoms with Gasteiger partial charge < -0.3 is 26.5 Å². The minimum atomic E-state index is -1.11. The van der Waals surface area contributed by atoms with Gasteiger partial charge in [-0.15, -0.1) is 0 Å². The molecule has 1 unspecified atom stereocenters. The van der Waals surface area contributed by atoms with E-state index < -0.39 is 5.23 Å². The number of nitrogens with zero attached hydrogens (tertiary/aromatic N) is 4. The number of benzene rings is 1. The van der Waals surface area contributed by atoms with Gasteiger partial charge in [-0.1, -0.05) is 28.1 Å². The lowest BCUT2D eigenvalue weighted by atomic mass is 10.1. The second-order valence-corrected chi connectivity index (χ2v) is 9.06. The maximum atomic E-state index is 12.7. The molecule has 1 amide bonds. The van der Waals surface area contributed by atoms with E-state index in [1.165, 1.54) is 6.07 Å². The summed E-state index contributed by atoms with van der Waals surface area (Å²) in [7, 11) is 1.94. The molecule has 1 saturated heterocycles. The van der Waals surface area contributed by atoms with Gasteiger partial charge in [0, 0.05) is 42.3 Å². The van der Waals surface area contributed by atoms with Crippen LogP contribution in [0.1, 0.15) is 0 Å². The zero-order valence-corrected chi connectivity index (χ0v) is 20.7. The molecule has 4 rings (SSSR count). The summed E-state index contributed by atoms with van der Waals surface area (Å²) < 4.78 is 0.962. The van der Waals surface area contributed by atoms with Gasteiger partial charge in [-0.25, -0.2) is 15.2 Å². The van der Waals surface area contributed by atoms with Crippen molar-refractivity contribution in [1.29, 1.82) is 0 Å². The molecule has 1 aromatic carbocycles. The summed E-state index contributed by atoms with van der Waals surface area (Å²) in [5, 5.41) is 25.4. The minimum Gasteiger partial charge on any atom is -0.595 e. The summed E-state index contributed by atoms with van der Waals surface area (Å²) in [5.41, 5.74) is 8.10. The first-order valence-corrected chi connectivity index (χ1v) is 11.8. The molecule has 1 atom stereocenters. The van der Waals surface area contributed by atoms with Crippen LogP contribution < -0.4 is 26.5 Å². The number of piperazine rings is 1. The van der Waals surface area contributed by atoms with Crippen molar-refractivity contribution in [3.8, 4) is 11.3 Å². The number of pyridine rings is 2. The molecule has 35 heavy (non-hydrogen) atoms. The fourth-order valence-electron chi connectivity index (χ4n) is 3.77. The number of aromatic nitrogens is 2. The van der Waals surface area contributed by atoms with Crippen LogP contribution in [0.25, 0.3) is 11.3 Å². The first-order chi connectivity index (χ1) is 16.8. The number of nitrogens with one attached hydrogen (secondary N) is 3. The van der Waals surface area contributed by atoms with Crippen molar-refractivity contribution in [3.05, 3.63) is 58.2 Å². The van der Waals surface area contributed by atoms with Crippen molar-refractivity contribution in [2.75, 3.05) is 61.0 Å². The van der Waals surface area contributed by atoms with E-state index in [0.29, 0.717) is 37.8 Å². The Bertz CT molecular complexity index is 1190. The van der Waals surface area contributed by atoms with E-state index in [0.717, 1.165) is 28.0 Å². The number of hydrogen-bond acceptors (Lipinski definition) is 9. The lowest BCUT2D eigenvalue weighted by Gasteiger charge is -2.33. The highest BCUT2D eigenvalue weighted by molar-refractivity contribution is 9.10. The SMILES string of the molecule is CN1CCN(c2ccc(NCCNc3ccc([NH+]([O-])O)c(N)n3)nc2-c2ccc(Br)cc2)C(=O)C1. The van der Waals surface area contributed by atoms with Crippen LogP contribution in [0.2, 0.25) is 0 Å². The second-order valence-electron chi connectivity index (χ2n) is 8.14.